The van der Waals surface area contributed by atoms with Crippen molar-refractivity contribution in [2.75, 3.05) is 0 Å². The molecule has 0 unspecified atom stereocenters. The number of aryl methyl sites for hydroxylation is 2. The number of phenolic OH excluding ortho intramolecular Hbond substituents is 2. The molecule has 2 N–H and O–H groups in total. The van der Waals surface area contributed by atoms with Crippen molar-refractivity contribution in [1.29, 1.82) is 0 Å². The van der Waals surface area contributed by atoms with Crippen molar-refractivity contribution in [3.63, 3.8) is 0 Å². The molecule has 0 saturated carbocycles. The van der Waals surface area contributed by atoms with Crippen LogP contribution < -0.4 is 4.74 Å². The van der Waals surface area contributed by atoms with E-state index in [4.69, 9.17) is 4.74 Å². The lowest BCUT2D eigenvalue weighted by atomic mass is 10.1. The van der Waals surface area contributed by atoms with Gasteiger partial charge in [0, 0.05) is 12.1 Å². The highest BCUT2D eigenvalue weighted by Crippen LogP contribution is 2.29. The summed E-state index contributed by atoms with van der Waals surface area (Å²) in [6.07, 6.45) is 0.823. The van der Waals surface area contributed by atoms with Gasteiger partial charge >= 0.3 is 0 Å². The van der Waals surface area contributed by atoms with Gasteiger partial charge in [0.2, 0.25) is 0 Å². The van der Waals surface area contributed by atoms with Crippen LogP contribution in [-0.2, 0) is 6.42 Å². The molecule has 3 heteroatoms. The molecule has 94 valence electrons. The third-order valence-corrected chi connectivity index (χ3v) is 2.63. The van der Waals surface area contributed by atoms with Crippen LogP contribution in [0.3, 0.4) is 0 Å². The molecule has 0 aromatic heterocycles. The molecule has 0 radical (unpaired) electrons. The van der Waals surface area contributed by atoms with Gasteiger partial charge in [-0.25, -0.2) is 0 Å². The minimum atomic E-state index is 0.167. The molecule has 18 heavy (non-hydrogen) atoms. The molecule has 0 fully saturated rings. The van der Waals surface area contributed by atoms with E-state index in [-0.39, 0.29) is 11.5 Å². The van der Waals surface area contributed by atoms with Crippen LogP contribution >= 0.6 is 0 Å². The van der Waals surface area contributed by atoms with Gasteiger partial charge in [-0.05, 0) is 48.7 Å². The summed E-state index contributed by atoms with van der Waals surface area (Å²) in [7, 11) is 0. The SMILES string of the molecule is CCc1cc(O)cc(Oc2cc(C)cc(O)c2)c1. The Kier molecular flexibility index (Phi) is 3.42. The van der Waals surface area contributed by atoms with Crippen LogP contribution in [0.2, 0.25) is 0 Å². The highest BCUT2D eigenvalue weighted by molar-refractivity contribution is 5.43. The van der Waals surface area contributed by atoms with E-state index < -0.39 is 0 Å². The Labute approximate surface area is 106 Å². The number of aromatic hydroxyl groups is 2. The van der Waals surface area contributed by atoms with Crippen molar-refractivity contribution < 1.29 is 14.9 Å². The lowest BCUT2D eigenvalue weighted by Crippen LogP contribution is -1.87. The molecule has 0 spiro atoms. The molecule has 0 saturated heterocycles. The monoisotopic (exact) mass is 244 g/mol. The number of benzene rings is 2. The number of ether oxygens (including phenoxy) is 1. The van der Waals surface area contributed by atoms with Crippen molar-refractivity contribution in [2.45, 2.75) is 20.3 Å². The summed E-state index contributed by atoms with van der Waals surface area (Å²) in [6, 6.07) is 10.2. The topological polar surface area (TPSA) is 49.7 Å². The zero-order valence-electron chi connectivity index (χ0n) is 10.5. The van der Waals surface area contributed by atoms with Gasteiger partial charge < -0.3 is 14.9 Å². The van der Waals surface area contributed by atoms with Crippen molar-refractivity contribution in [3.8, 4) is 23.0 Å². The van der Waals surface area contributed by atoms with E-state index in [1.807, 2.05) is 26.0 Å². The van der Waals surface area contributed by atoms with Gasteiger partial charge in [0.15, 0.2) is 0 Å². The molecule has 2 aromatic carbocycles. The van der Waals surface area contributed by atoms with Gasteiger partial charge in [0.1, 0.15) is 23.0 Å². The van der Waals surface area contributed by atoms with Crippen LogP contribution in [0.1, 0.15) is 18.1 Å². The van der Waals surface area contributed by atoms with Gasteiger partial charge in [0.25, 0.3) is 0 Å². The fourth-order valence-corrected chi connectivity index (χ4v) is 1.83. The summed E-state index contributed by atoms with van der Waals surface area (Å²) >= 11 is 0. The molecular weight excluding hydrogens is 228 g/mol. The summed E-state index contributed by atoms with van der Waals surface area (Å²) in [5.74, 6) is 1.47. The smallest absolute Gasteiger partial charge is 0.131 e. The third-order valence-electron chi connectivity index (χ3n) is 2.63. The van der Waals surface area contributed by atoms with Crippen LogP contribution in [0.25, 0.3) is 0 Å². The first-order valence-electron chi connectivity index (χ1n) is 5.88. The van der Waals surface area contributed by atoms with Gasteiger partial charge in [-0.3, -0.25) is 0 Å². The number of hydrogen-bond donors (Lipinski definition) is 2. The molecule has 2 rings (SSSR count). The fraction of sp³-hybridized carbons (Fsp3) is 0.200. The summed E-state index contributed by atoms with van der Waals surface area (Å²) < 4.78 is 5.64. The Morgan fingerprint density at radius 1 is 0.889 bits per heavy atom. The summed E-state index contributed by atoms with van der Waals surface area (Å²) in [4.78, 5) is 0. The second-order valence-electron chi connectivity index (χ2n) is 4.30. The highest BCUT2D eigenvalue weighted by Gasteiger charge is 2.03. The van der Waals surface area contributed by atoms with Crippen molar-refractivity contribution >= 4 is 0 Å². The van der Waals surface area contributed by atoms with Crippen LogP contribution in [-0.4, -0.2) is 10.2 Å². The standard InChI is InChI=1S/C15H16O3/c1-3-11-6-13(17)9-15(7-11)18-14-5-10(2)4-12(16)8-14/h4-9,16-17H,3H2,1-2H3. The van der Waals surface area contributed by atoms with Crippen LogP contribution in [0, 0.1) is 6.92 Å². The van der Waals surface area contributed by atoms with Gasteiger partial charge in [0.05, 0.1) is 0 Å². The van der Waals surface area contributed by atoms with E-state index in [1.54, 1.807) is 24.3 Å². The van der Waals surface area contributed by atoms with E-state index in [0.29, 0.717) is 11.5 Å². The second-order valence-corrected chi connectivity index (χ2v) is 4.30. The maximum absolute atomic E-state index is 9.58. The zero-order valence-corrected chi connectivity index (χ0v) is 10.5. The Hall–Kier alpha value is -2.16. The van der Waals surface area contributed by atoms with Gasteiger partial charge in [-0.1, -0.05) is 6.92 Å². The minimum Gasteiger partial charge on any atom is -0.508 e. The first-order valence-corrected chi connectivity index (χ1v) is 5.88. The predicted octanol–water partition coefficient (Wildman–Crippen LogP) is 3.76. The molecule has 0 atom stereocenters. The quantitative estimate of drug-likeness (QED) is 0.864. The maximum Gasteiger partial charge on any atom is 0.131 e. The highest BCUT2D eigenvalue weighted by atomic mass is 16.5. The van der Waals surface area contributed by atoms with Crippen LogP contribution in [0.15, 0.2) is 36.4 Å². The molecular formula is C15H16O3. The lowest BCUT2D eigenvalue weighted by Gasteiger charge is -2.09. The normalized spacial score (nSPS) is 10.3. The zero-order chi connectivity index (χ0) is 13.1. The average Bonchev–Trinajstić information content (AvgIpc) is 2.26. The Morgan fingerprint density at radius 3 is 2.11 bits per heavy atom. The van der Waals surface area contributed by atoms with Gasteiger partial charge in [-0.2, -0.15) is 0 Å². The summed E-state index contributed by atoms with van der Waals surface area (Å²) in [5, 5.41) is 19.1. The Balaban J connectivity index is 2.30. The molecule has 0 aliphatic carbocycles. The van der Waals surface area contributed by atoms with Crippen molar-refractivity contribution in [2.24, 2.45) is 0 Å². The van der Waals surface area contributed by atoms with Crippen molar-refractivity contribution in [1.82, 2.24) is 0 Å². The molecule has 0 aliphatic heterocycles. The first-order chi connectivity index (χ1) is 8.56. The van der Waals surface area contributed by atoms with E-state index in [0.717, 1.165) is 17.5 Å². The van der Waals surface area contributed by atoms with E-state index in [2.05, 4.69) is 0 Å². The van der Waals surface area contributed by atoms with Crippen LogP contribution in [0.5, 0.6) is 23.0 Å². The van der Waals surface area contributed by atoms with E-state index in [9.17, 15) is 10.2 Å². The predicted molar refractivity (Wildman–Crippen MR) is 70.4 cm³/mol. The molecule has 0 bridgehead atoms. The molecule has 0 aliphatic rings. The number of hydrogen-bond acceptors (Lipinski definition) is 3. The minimum absolute atomic E-state index is 0.167. The number of rotatable bonds is 3. The van der Waals surface area contributed by atoms with E-state index in [1.165, 1.54) is 0 Å². The summed E-state index contributed by atoms with van der Waals surface area (Å²) in [5.41, 5.74) is 1.92. The third kappa shape index (κ3) is 2.94. The lowest BCUT2D eigenvalue weighted by molar-refractivity contribution is 0.445. The molecule has 0 amide bonds. The van der Waals surface area contributed by atoms with Crippen LogP contribution in [0.4, 0.5) is 0 Å². The second kappa shape index (κ2) is 5.00. The van der Waals surface area contributed by atoms with Crippen molar-refractivity contribution in [3.05, 3.63) is 47.5 Å². The molecule has 3 nitrogen and oxygen atoms in total. The first kappa shape index (κ1) is 12.3. The van der Waals surface area contributed by atoms with E-state index >= 15 is 0 Å². The van der Waals surface area contributed by atoms with Gasteiger partial charge in [-0.15, -0.1) is 0 Å². The molecule has 0 heterocycles. The summed E-state index contributed by atoms with van der Waals surface area (Å²) in [6.45, 7) is 3.89. The Morgan fingerprint density at radius 2 is 1.50 bits per heavy atom. The molecule has 2 aromatic rings. The average molecular weight is 244 g/mol. The number of phenols is 2. The largest absolute Gasteiger partial charge is 0.508 e. The maximum atomic E-state index is 9.58. The fourth-order valence-electron chi connectivity index (χ4n) is 1.83. The Bertz CT molecular complexity index is 541.